The summed E-state index contributed by atoms with van der Waals surface area (Å²) in [6.45, 7) is 5.89. The molecule has 178 valence electrons. The number of hydrogen-bond donors (Lipinski definition) is 3. The van der Waals surface area contributed by atoms with Crippen LogP contribution in [0.15, 0.2) is 42.1 Å². The van der Waals surface area contributed by atoms with Crippen molar-refractivity contribution in [1.82, 2.24) is 15.0 Å². The van der Waals surface area contributed by atoms with Crippen LogP contribution in [0.3, 0.4) is 0 Å². The minimum atomic E-state index is -0.891. The van der Waals surface area contributed by atoms with Crippen molar-refractivity contribution in [2.24, 2.45) is 21.3 Å². The number of amidine groups is 1. The first-order valence-corrected chi connectivity index (χ1v) is 10.8. The van der Waals surface area contributed by atoms with Crippen molar-refractivity contribution >= 4 is 33.6 Å². The number of amides is 1. The zero-order chi connectivity index (χ0) is 24.4. The molecule has 1 heterocycles. The topological polar surface area (TPSA) is 157 Å². The first kappa shape index (κ1) is 24.4. The Morgan fingerprint density at radius 1 is 1.45 bits per heavy atom. The predicted molar refractivity (Wildman–Crippen MR) is 120 cm³/mol. The number of oxime groups is 1. The molecule has 0 bridgehead atoms. The second-order valence-corrected chi connectivity index (χ2v) is 9.57. The molecule has 1 fully saturated rings. The lowest BCUT2D eigenvalue weighted by atomic mass is 10.1. The average Bonchev–Trinajstić information content (AvgIpc) is 3.41. The predicted octanol–water partition coefficient (Wildman–Crippen LogP) is 2.57. The molecule has 0 unspecified atom stereocenters. The summed E-state index contributed by atoms with van der Waals surface area (Å²) in [5, 5.41) is 19.0. The van der Waals surface area contributed by atoms with Crippen LogP contribution in [0.25, 0.3) is 5.69 Å². The Bertz CT molecular complexity index is 1160. The van der Waals surface area contributed by atoms with Crippen molar-refractivity contribution in [2.45, 2.75) is 39.2 Å². The summed E-state index contributed by atoms with van der Waals surface area (Å²) in [5.41, 5.74) is 5.03. The fourth-order valence-corrected chi connectivity index (χ4v) is 3.30. The number of hydrogen-bond acceptors (Lipinski definition) is 8. The van der Waals surface area contributed by atoms with Gasteiger partial charge in [0.25, 0.3) is 0 Å². The van der Waals surface area contributed by atoms with Gasteiger partial charge in [0, 0.05) is 18.5 Å². The fraction of sp³-hybridized carbons (Fsp3) is 0.450. The fourth-order valence-electron chi connectivity index (χ4n) is 2.93. The quantitative estimate of drug-likeness (QED) is 0.216. The molecular weight excluding hydrogens is 503 g/mol. The van der Waals surface area contributed by atoms with Gasteiger partial charge in [0.2, 0.25) is 5.82 Å². The minimum absolute atomic E-state index is 0.108. The third-order valence-corrected chi connectivity index (χ3v) is 5.48. The van der Waals surface area contributed by atoms with Gasteiger partial charge >= 0.3 is 11.8 Å². The van der Waals surface area contributed by atoms with Crippen molar-refractivity contribution < 1.29 is 23.7 Å². The van der Waals surface area contributed by atoms with Crippen molar-refractivity contribution in [1.29, 1.82) is 0 Å². The summed E-state index contributed by atoms with van der Waals surface area (Å²) in [6, 6.07) is 3.80. The van der Waals surface area contributed by atoms with Gasteiger partial charge in [0.1, 0.15) is 11.4 Å². The van der Waals surface area contributed by atoms with Crippen molar-refractivity contribution in [2.75, 3.05) is 13.1 Å². The third kappa shape index (κ3) is 5.97. The lowest BCUT2D eigenvalue weighted by Gasteiger charge is -2.21. The molecule has 1 aromatic heterocycles. The van der Waals surface area contributed by atoms with Gasteiger partial charge < -0.3 is 21.0 Å². The molecule has 3 rings (SSSR count). The molecule has 2 aromatic rings. The molecule has 0 spiro atoms. The molecule has 4 N–H and O–H groups in total. The van der Waals surface area contributed by atoms with E-state index in [9.17, 15) is 19.2 Å². The van der Waals surface area contributed by atoms with Gasteiger partial charge in [-0.25, -0.2) is 18.5 Å². The molecule has 1 amide bonds. The highest BCUT2D eigenvalue weighted by atomic mass is 79.9. The summed E-state index contributed by atoms with van der Waals surface area (Å²) in [7, 11) is 0. The van der Waals surface area contributed by atoms with E-state index in [4.69, 9.17) is 15.0 Å². The van der Waals surface area contributed by atoms with Crippen molar-refractivity contribution in [3.63, 3.8) is 0 Å². The molecule has 1 saturated carbocycles. The van der Waals surface area contributed by atoms with Crippen LogP contribution in [-0.4, -0.2) is 51.3 Å². The van der Waals surface area contributed by atoms with Crippen molar-refractivity contribution in [3.8, 4) is 5.69 Å². The number of alkyl carbamates (subject to hydrolysis) is 1. The van der Waals surface area contributed by atoms with E-state index in [0.29, 0.717) is 6.54 Å². The largest absolute Gasteiger partial charge is 0.446 e. The van der Waals surface area contributed by atoms with Gasteiger partial charge in [0.15, 0.2) is 11.5 Å². The van der Waals surface area contributed by atoms with Gasteiger partial charge in [0.05, 0.1) is 10.2 Å². The van der Waals surface area contributed by atoms with Crippen LogP contribution in [0.2, 0.25) is 0 Å². The van der Waals surface area contributed by atoms with Gasteiger partial charge in [-0.3, -0.25) is 9.52 Å². The zero-order valence-electron chi connectivity index (χ0n) is 18.3. The number of nitrogens with one attached hydrogen (secondary N) is 1. The van der Waals surface area contributed by atoms with Crippen LogP contribution in [0.4, 0.5) is 9.18 Å². The third-order valence-electron chi connectivity index (χ3n) is 4.87. The van der Waals surface area contributed by atoms with Gasteiger partial charge in [-0.2, -0.15) is 0 Å². The normalized spacial score (nSPS) is 15.9. The first-order chi connectivity index (χ1) is 15.4. The highest BCUT2D eigenvalue weighted by molar-refractivity contribution is 9.10. The maximum atomic E-state index is 13.6. The average molecular weight is 527 g/mol. The number of aliphatic imine (C=N–C) groups is 1. The van der Waals surface area contributed by atoms with E-state index in [1.54, 1.807) is 20.8 Å². The summed E-state index contributed by atoms with van der Waals surface area (Å²) >= 11 is 3.05. The molecule has 1 aromatic carbocycles. The van der Waals surface area contributed by atoms with E-state index in [1.807, 2.05) is 0 Å². The van der Waals surface area contributed by atoms with E-state index < -0.39 is 23.3 Å². The smallest absolute Gasteiger partial charge is 0.444 e. The van der Waals surface area contributed by atoms with E-state index in [0.717, 1.165) is 23.5 Å². The monoisotopic (exact) mass is 526 g/mol. The van der Waals surface area contributed by atoms with E-state index >= 15 is 0 Å². The number of nitrogens with two attached hydrogens (primary N) is 1. The van der Waals surface area contributed by atoms with Crippen LogP contribution < -0.4 is 16.8 Å². The standard InChI is InChI=1S/C20H24BrFN6O5/c1-19(2,3)32-17(29)25-10-20(6-7-20)9-24-15(23)14(26-31)16-27-33-18(30)28(16)11-4-5-13(22)12(21)8-11/h4-5,8,31H,6-7,9-10H2,1-3H3,(H2,23,24)(H,25,29)/b26-14+. The molecule has 33 heavy (non-hydrogen) atoms. The van der Waals surface area contributed by atoms with E-state index in [1.165, 1.54) is 12.1 Å². The summed E-state index contributed by atoms with van der Waals surface area (Å²) < 4.78 is 24.6. The summed E-state index contributed by atoms with van der Waals surface area (Å²) in [4.78, 5) is 28.4. The van der Waals surface area contributed by atoms with Gasteiger partial charge in [-0.15, -0.1) is 0 Å². The Kier molecular flexibility index (Phi) is 6.91. The maximum Gasteiger partial charge on any atom is 0.446 e. The lowest BCUT2D eigenvalue weighted by Crippen LogP contribution is -2.37. The molecule has 0 saturated heterocycles. The molecule has 0 aliphatic heterocycles. The highest BCUT2D eigenvalue weighted by Gasteiger charge is 2.43. The molecule has 0 atom stereocenters. The minimum Gasteiger partial charge on any atom is -0.444 e. The maximum absolute atomic E-state index is 13.6. The number of halogens is 2. The SMILES string of the molecule is CC(C)(C)OC(=O)NCC1(CN=C(N)/C(=N\O)c2noc(=O)n2-c2ccc(F)c(Br)c2)CC1. The van der Waals surface area contributed by atoms with Crippen molar-refractivity contribution in [3.05, 3.63) is 44.9 Å². The Balaban J connectivity index is 1.76. The lowest BCUT2D eigenvalue weighted by molar-refractivity contribution is 0.0517. The summed E-state index contributed by atoms with van der Waals surface area (Å²) in [5.74, 6) is -1.82. The Hall–Kier alpha value is -3.22. The Morgan fingerprint density at radius 3 is 2.73 bits per heavy atom. The molecule has 1 aliphatic carbocycles. The Morgan fingerprint density at radius 2 is 2.15 bits per heavy atom. The Labute approximate surface area is 196 Å². The molecule has 0 radical (unpaired) electrons. The number of ether oxygens (including phenoxy) is 1. The zero-order valence-corrected chi connectivity index (χ0v) is 19.8. The van der Waals surface area contributed by atoms with Crippen LogP contribution in [0.1, 0.15) is 39.4 Å². The number of carbonyl (C=O) groups excluding carboxylic acids is 1. The molecule has 11 nitrogen and oxygen atoms in total. The number of benzene rings is 1. The van der Waals surface area contributed by atoms with E-state index in [2.05, 4.69) is 36.6 Å². The molecule has 13 heteroatoms. The molecule has 1 aliphatic rings. The van der Waals surface area contributed by atoms with Crippen LogP contribution in [0.5, 0.6) is 0 Å². The summed E-state index contributed by atoms with van der Waals surface area (Å²) in [6.07, 6.45) is 1.09. The number of aromatic nitrogens is 2. The first-order valence-electron chi connectivity index (χ1n) is 9.98. The van der Waals surface area contributed by atoms with Gasteiger partial charge in [-0.05, 0) is 67.7 Å². The number of nitrogens with zero attached hydrogens (tertiary/aromatic N) is 4. The number of rotatable bonds is 7. The van der Waals surface area contributed by atoms with Crippen LogP contribution in [-0.2, 0) is 4.74 Å². The number of carbonyl (C=O) groups is 1. The second kappa shape index (κ2) is 9.33. The van der Waals surface area contributed by atoms with Gasteiger partial charge in [-0.1, -0.05) is 10.3 Å². The second-order valence-electron chi connectivity index (χ2n) is 8.71. The molecular formula is C20H24BrFN6O5. The highest BCUT2D eigenvalue weighted by Crippen LogP contribution is 2.45. The van der Waals surface area contributed by atoms with Crippen LogP contribution in [0, 0.1) is 11.2 Å². The van der Waals surface area contributed by atoms with Crippen LogP contribution >= 0.6 is 15.9 Å². The van der Waals surface area contributed by atoms with E-state index in [-0.39, 0.29) is 39.5 Å².